The van der Waals surface area contributed by atoms with E-state index < -0.39 is 27.3 Å². The zero-order chi connectivity index (χ0) is 19.3. The van der Waals surface area contributed by atoms with Crippen LogP contribution < -0.4 is 0 Å². The Bertz CT molecular complexity index is 844. The van der Waals surface area contributed by atoms with Crippen LogP contribution in [0.3, 0.4) is 0 Å². The zero-order valence-electron chi connectivity index (χ0n) is 15.6. The maximum Gasteiger partial charge on any atom is 0.272 e. The number of amides is 2. The van der Waals surface area contributed by atoms with E-state index >= 15 is 0 Å². The first-order valence-electron chi connectivity index (χ1n) is 8.76. The van der Waals surface area contributed by atoms with Crippen molar-refractivity contribution < 1.29 is 18.0 Å². The van der Waals surface area contributed by atoms with Gasteiger partial charge in [-0.25, -0.2) is 13.4 Å². The largest absolute Gasteiger partial charge is 0.334 e. The van der Waals surface area contributed by atoms with Crippen molar-refractivity contribution in [1.29, 1.82) is 0 Å². The van der Waals surface area contributed by atoms with Crippen molar-refractivity contribution in [2.45, 2.75) is 39.8 Å². The van der Waals surface area contributed by atoms with E-state index in [4.69, 9.17) is 0 Å². The standard InChI is InChI=1S/C18H25N3O4S/c1-12-6-5-7-13(19-12)16(22)20-8-9-21(17(23)18(2,3)4)15-11-26(24,25)10-14(15)20/h5-7,14-15H,8-11H2,1-4H3/t14-,15+/m0/s1. The van der Waals surface area contributed by atoms with Gasteiger partial charge in [-0.3, -0.25) is 9.59 Å². The number of aryl methyl sites for hydroxylation is 1. The van der Waals surface area contributed by atoms with E-state index in [1.54, 1.807) is 34.9 Å². The molecule has 0 bridgehead atoms. The van der Waals surface area contributed by atoms with Crippen molar-refractivity contribution in [2.75, 3.05) is 24.6 Å². The average Bonchev–Trinajstić information content (AvgIpc) is 2.86. The summed E-state index contributed by atoms with van der Waals surface area (Å²) in [7, 11) is -3.31. The second kappa shape index (κ2) is 6.33. The molecule has 0 unspecified atom stereocenters. The SMILES string of the molecule is Cc1cccc(C(=O)N2CCN(C(=O)C(C)(C)C)[C@@H]3CS(=O)(=O)C[C@@H]32)n1. The molecule has 1 aromatic heterocycles. The van der Waals surface area contributed by atoms with Crippen LogP contribution in [0.1, 0.15) is 37.0 Å². The lowest BCUT2D eigenvalue weighted by molar-refractivity contribution is -0.144. The number of sulfone groups is 1. The van der Waals surface area contributed by atoms with Gasteiger partial charge < -0.3 is 9.80 Å². The first kappa shape index (κ1) is 18.8. The van der Waals surface area contributed by atoms with Gasteiger partial charge in [0.15, 0.2) is 9.84 Å². The number of nitrogens with zero attached hydrogens (tertiary/aromatic N) is 3. The second-order valence-corrected chi connectivity index (χ2v) is 10.3. The molecular weight excluding hydrogens is 354 g/mol. The monoisotopic (exact) mass is 379 g/mol. The Morgan fingerprint density at radius 2 is 1.65 bits per heavy atom. The fourth-order valence-electron chi connectivity index (χ4n) is 3.70. The molecule has 3 rings (SSSR count). The van der Waals surface area contributed by atoms with Gasteiger partial charge in [0.05, 0.1) is 23.6 Å². The highest BCUT2D eigenvalue weighted by atomic mass is 32.2. The maximum absolute atomic E-state index is 12.9. The topological polar surface area (TPSA) is 87.7 Å². The fourth-order valence-corrected chi connectivity index (χ4v) is 5.68. The summed E-state index contributed by atoms with van der Waals surface area (Å²) in [6.45, 7) is 7.92. The molecule has 2 amide bonds. The van der Waals surface area contributed by atoms with Crippen molar-refractivity contribution in [2.24, 2.45) is 5.41 Å². The van der Waals surface area contributed by atoms with E-state index in [1.165, 1.54) is 0 Å². The van der Waals surface area contributed by atoms with Crippen LogP contribution in [0.2, 0.25) is 0 Å². The molecule has 3 heterocycles. The minimum Gasteiger partial charge on any atom is -0.334 e. The molecule has 0 aliphatic carbocycles. The van der Waals surface area contributed by atoms with Crippen LogP contribution >= 0.6 is 0 Å². The van der Waals surface area contributed by atoms with Gasteiger partial charge in [-0.15, -0.1) is 0 Å². The molecule has 2 aliphatic heterocycles. The summed E-state index contributed by atoms with van der Waals surface area (Å²) in [5.74, 6) is -0.553. The normalized spacial score (nSPS) is 25.1. The lowest BCUT2D eigenvalue weighted by Gasteiger charge is -2.45. The van der Waals surface area contributed by atoms with Crippen molar-refractivity contribution in [3.05, 3.63) is 29.6 Å². The summed E-state index contributed by atoms with van der Waals surface area (Å²) in [6, 6.07) is 4.20. The fraction of sp³-hybridized carbons (Fsp3) is 0.611. The molecule has 2 saturated heterocycles. The number of hydrogen-bond acceptors (Lipinski definition) is 5. The van der Waals surface area contributed by atoms with Gasteiger partial charge in [0, 0.05) is 24.2 Å². The van der Waals surface area contributed by atoms with E-state index in [1.807, 2.05) is 20.8 Å². The van der Waals surface area contributed by atoms with Crippen LogP contribution in [-0.4, -0.2) is 71.7 Å². The van der Waals surface area contributed by atoms with Gasteiger partial charge in [0.1, 0.15) is 5.69 Å². The predicted octanol–water partition coefficient (Wildman–Crippen LogP) is 0.886. The lowest BCUT2D eigenvalue weighted by atomic mass is 9.92. The quantitative estimate of drug-likeness (QED) is 0.723. The Balaban J connectivity index is 1.92. The molecule has 1 aromatic rings. The lowest BCUT2D eigenvalue weighted by Crippen LogP contribution is -2.63. The second-order valence-electron chi connectivity index (χ2n) is 8.12. The molecule has 2 fully saturated rings. The molecule has 0 radical (unpaired) electrons. The number of piperazine rings is 1. The summed E-state index contributed by atoms with van der Waals surface area (Å²) >= 11 is 0. The smallest absolute Gasteiger partial charge is 0.272 e. The minimum absolute atomic E-state index is 0.0784. The first-order chi connectivity index (χ1) is 12.0. The van der Waals surface area contributed by atoms with E-state index in [0.717, 1.165) is 5.69 Å². The van der Waals surface area contributed by atoms with E-state index in [2.05, 4.69) is 4.98 Å². The van der Waals surface area contributed by atoms with E-state index in [9.17, 15) is 18.0 Å². The number of pyridine rings is 1. The van der Waals surface area contributed by atoms with Gasteiger partial charge >= 0.3 is 0 Å². The van der Waals surface area contributed by atoms with Gasteiger partial charge in [-0.2, -0.15) is 0 Å². The van der Waals surface area contributed by atoms with Crippen molar-refractivity contribution >= 4 is 21.7 Å². The number of carbonyl (C=O) groups excluding carboxylic acids is 2. The molecule has 8 heteroatoms. The summed E-state index contributed by atoms with van der Waals surface area (Å²) in [6.07, 6.45) is 0. The first-order valence-corrected chi connectivity index (χ1v) is 10.6. The number of hydrogen-bond donors (Lipinski definition) is 0. The maximum atomic E-state index is 12.9. The van der Waals surface area contributed by atoms with E-state index in [-0.39, 0.29) is 23.3 Å². The van der Waals surface area contributed by atoms with Gasteiger partial charge in [-0.1, -0.05) is 26.8 Å². The molecular formula is C18H25N3O4S. The summed E-state index contributed by atoms with van der Waals surface area (Å²) in [4.78, 5) is 33.2. The number of aromatic nitrogens is 1. The van der Waals surface area contributed by atoms with Gasteiger partial charge in [-0.05, 0) is 19.1 Å². The average molecular weight is 379 g/mol. The van der Waals surface area contributed by atoms with Crippen LogP contribution in [0, 0.1) is 12.3 Å². The third-order valence-electron chi connectivity index (χ3n) is 4.95. The van der Waals surface area contributed by atoms with Gasteiger partial charge in [0.25, 0.3) is 5.91 Å². The van der Waals surface area contributed by atoms with Crippen molar-refractivity contribution in [3.63, 3.8) is 0 Å². The Morgan fingerprint density at radius 1 is 1.08 bits per heavy atom. The minimum atomic E-state index is -3.31. The molecule has 2 aliphatic rings. The molecule has 0 N–H and O–H groups in total. The Hall–Kier alpha value is -1.96. The third kappa shape index (κ3) is 3.47. The van der Waals surface area contributed by atoms with Crippen molar-refractivity contribution in [1.82, 2.24) is 14.8 Å². The van der Waals surface area contributed by atoms with Crippen molar-refractivity contribution in [3.8, 4) is 0 Å². The molecule has 0 saturated carbocycles. The highest BCUT2D eigenvalue weighted by Gasteiger charge is 2.50. The van der Waals surface area contributed by atoms with Crippen LogP contribution in [0.4, 0.5) is 0 Å². The molecule has 26 heavy (non-hydrogen) atoms. The Morgan fingerprint density at radius 3 is 2.23 bits per heavy atom. The summed E-state index contributed by atoms with van der Waals surface area (Å²) < 4.78 is 24.6. The Labute approximate surface area is 154 Å². The number of rotatable bonds is 1. The molecule has 7 nitrogen and oxygen atoms in total. The van der Waals surface area contributed by atoms with Gasteiger partial charge in [0.2, 0.25) is 5.91 Å². The molecule has 142 valence electrons. The highest BCUT2D eigenvalue weighted by Crippen LogP contribution is 2.31. The molecule has 2 atom stereocenters. The predicted molar refractivity (Wildman–Crippen MR) is 97.4 cm³/mol. The van der Waals surface area contributed by atoms with Crippen LogP contribution in [0.25, 0.3) is 0 Å². The molecule has 0 aromatic carbocycles. The zero-order valence-corrected chi connectivity index (χ0v) is 16.4. The number of carbonyl (C=O) groups is 2. The Kier molecular flexibility index (Phi) is 4.58. The molecule has 0 spiro atoms. The third-order valence-corrected chi connectivity index (χ3v) is 6.65. The van der Waals surface area contributed by atoms with E-state index in [0.29, 0.717) is 18.8 Å². The van der Waals surface area contributed by atoms with Crippen LogP contribution in [0.15, 0.2) is 18.2 Å². The van der Waals surface area contributed by atoms with Crippen LogP contribution in [0.5, 0.6) is 0 Å². The summed E-state index contributed by atoms with van der Waals surface area (Å²) in [5, 5.41) is 0. The highest BCUT2D eigenvalue weighted by molar-refractivity contribution is 7.91. The summed E-state index contributed by atoms with van der Waals surface area (Å²) in [5.41, 5.74) is 0.442. The van der Waals surface area contributed by atoms with Crippen LogP contribution in [-0.2, 0) is 14.6 Å². The number of fused-ring (bicyclic) bond motifs is 1.